The number of halogens is 2. The van der Waals surface area contributed by atoms with Gasteiger partial charge in [0.2, 0.25) is 0 Å². The van der Waals surface area contributed by atoms with Crippen LogP contribution < -0.4 is 0 Å². The summed E-state index contributed by atoms with van der Waals surface area (Å²) in [6.07, 6.45) is 2.31. The Hall–Kier alpha value is -1.13. The molecule has 5 heteroatoms. The zero-order chi connectivity index (χ0) is 13.1. The summed E-state index contributed by atoms with van der Waals surface area (Å²) in [6, 6.07) is 4.31. The first kappa shape index (κ1) is 13.3. The smallest absolute Gasteiger partial charge is 0.317 e. The van der Waals surface area contributed by atoms with Crippen LogP contribution in [0.5, 0.6) is 0 Å². The molecule has 0 heterocycles. The molecule has 0 bridgehead atoms. The average Bonchev–Trinajstić information content (AvgIpc) is 2.98. The molecule has 1 aliphatic rings. The highest BCUT2D eigenvalue weighted by atomic mass is 35.5. The van der Waals surface area contributed by atoms with Gasteiger partial charge in [-0.25, -0.2) is 4.39 Å². The SMILES string of the molecule is O=C(O)CN(Cc1cc(F)cc(Cl)c1)CC1CC1. The predicted molar refractivity (Wildman–Crippen MR) is 67.0 cm³/mol. The van der Waals surface area contributed by atoms with Crippen LogP contribution in [-0.2, 0) is 11.3 Å². The van der Waals surface area contributed by atoms with E-state index in [0.717, 1.165) is 19.4 Å². The van der Waals surface area contributed by atoms with E-state index in [4.69, 9.17) is 16.7 Å². The van der Waals surface area contributed by atoms with Crippen molar-refractivity contribution in [2.45, 2.75) is 19.4 Å². The maximum absolute atomic E-state index is 13.2. The van der Waals surface area contributed by atoms with E-state index in [2.05, 4.69) is 0 Å². The largest absolute Gasteiger partial charge is 0.480 e. The lowest BCUT2D eigenvalue weighted by Gasteiger charge is -2.20. The fraction of sp³-hybridized carbons (Fsp3) is 0.462. The van der Waals surface area contributed by atoms with Crippen molar-refractivity contribution in [2.24, 2.45) is 5.92 Å². The number of hydrogen-bond acceptors (Lipinski definition) is 2. The van der Waals surface area contributed by atoms with Crippen LogP contribution in [0.1, 0.15) is 18.4 Å². The molecule has 1 fully saturated rings. The number of hydrogen-bond donors (Lipinski definition) is 1. The number of nitrogens with zero attached hydrogens (tertiary/aromatic N) is 1. The van der Waals surface area contributed by atoms with Crippen LogP contribution in [-0.4, -0.2) is 29.1 Å². The monoisotopic (exact) mass is 271 g/mol. The lowest BCUT2D eigenvalue weighted by molar-refractivity contribution is -0.138. The Bertz CT molecular complexity index is 428. The van der Waals surface area contributed by atoms with Crippen LogP contribution in [0.3, 0.4) is 0 Å². The summed E-state index contributed by atoms with van der Waals surface area (Å²) in [5.41, 5.74) is 0.710. The van der Waals surface area contributed by atoms with Gasteiger partial charge in [0.25, 0.3) is 0 Å². The fourth-order valence-corrected chi connectivity index (χ4v) is 2.25. The molecule has 2 rings (SSSR count). The van der Waals surface area contributed by atoms with Gasteiger partial charge in [0.1, 0.15) is 5.82 Å². The first-order valence-corrected chi connectivity index (χ1v) is 6.30. The first-order chi connectivity index (χ1) is 8.52. The van der Waals surface area contributed by atoms with Crippen molar-refractivity contribution in [3.8, 4) is 0 Å². The summed E-state index contributed by atoms with van der Waals surface area (Å²) in [6.45, 7) is 1.14. The van der Waals surface area contributed by atoms with Gasteiger partial charge in [0.05, 0.1) is 6.54 Å². The zero-order valence-corrected chi connectivity index (χ0v) is 10.7. The molecule has 1 aromatic rings. The van der Waals surface area contributed by atoms with E-state index >= 15 is 0 Å². The number of carboxylic acids is 1. The van der Waals surface area contributed by atoms with E-state index in [1.54, 1.807) is 6.07 Å². The van der Waals surface area contributed by atoms with Crippen LogP contribution >= 0.6 is 11.6 Å². The van der Waals surface area contributed by atoms with Crippen LogP contribution in [0.15, 0.2) is 18.2 Å². The van der Waals surface area contributed by atoms with Crippen LogP contribution in [0.25, 0.3) is 0 Å². The minimum absolute atomic E-state index is 0.0232. The molecule has 0 atom stereocenters. The lowest BCUT2D eigenvalue weighted by Crippen LogP contribution is -2.31. The van der Waals surface area contributed by atoms with Crippen molar-refractivity contribution in [3.05, 3.63) is 34.6 Å². The van der Waals surface area contributed by atoms with Gasteiger partial charge < -0.3 is 5.11 Å². The van der Waals surface area contributed by atoms with Gasteiger partial charge in [-0.2, -0.15) is 0 Å². The second kappa shape index (κ2) is 5.67. The zero-order valence-electron chi connectivity index (χ0n) is 9.90. The van der Waals surface area contributed by atoms with E-state index < -0.39 is 5.97 Å². The summed E-state index contributed by atoms with van der Waals surface area (Å²) in [5.74, 6) is -0.661. The summed E-state index contributed by atoms with van der Waals surface area (Å²) < 4.78 is 13.2. The highest BCUT2D eigenvalue weighted by Crippen LogP contribution is 2.30. The molecule has 98 valence electrons. The van der Waals surface area contributed by atoms with E-state index in [1.165, 1.54) is 12.1 Å². The summed E-state index contributed by atoms with van der Waals surface area (Å²) in [7, 11) is 0. The van der Waals surface area contributed by atoms with E-state index in [-0.39, 0.29) is 12.4 Å². The quantitative estimate of drug-likeness (QED) is 0.865. The first-order valence-electron chi connectivity index (χ1n) is 5.92. The second-order valence-corrected chi connectivity index (χ2v) is 5.22. The topological polar surface area (TPSA) is 40.5 Å². The molecule has 0 amide bonds. The lowest BCUT2D eigenvalue weighted by atomic mass is 10.2. The standard InChI is InChI=1S/C13H15ClFNO2/c14-11-3-10(4-12(15)5-11)7-16(8-13(17)18)6-9-1-2-9/h3-5,9H,1-2,6-8H2,(H,17,18). The molecule has 0 saturated heterocycles. The molecule has 1 saturated carbocycles. The minimum atomic E-state index is -0.863. The van der Waals surface area contributed by atoms with Crippen molar-refractivity contribution in [1.29, 1.82) is 0 Å². The minimum Gasteiger partial charge on any atom is -0.480 e. The third-order valence-corrected chi connectivity index (χ3v) is 3.12. The molecule has 1 aromatic carbocycles. The fourth-order valence-electron chi connectivity index (χ4n) is 2.00. The van der Waals surface area contributed by atoms with Gasteiger partial charge in [-0.15, -0.1) is 0 Å². The van der Waals surface area contributed by atoms with Crippen LogP contribution in [0.4, 0.5) is 4.39 Å². The third-order valence-electron chi connectivity index (χ3n) is 2.90. The Kier molecular flexibility index (Phi) is 4.19. The Morgan fingerprint density at radius 1 is 1.44 bits per heavy atom. The molecular formula is C13H15ClFNO2. The summed E-state index contributed by atoms with van der Waals surface area (Å²) in [5, 5.41) is 9.20. The molecule has 1 aliphatic carbocycles. The number of benzene rings is 1. The van der Waals surface area contributed by atoms with E-state index in [9.17, 15) is 9.18 Å². The normalized spacial score (nSPS) is 15.1. The van der Waals surface area contributed by atoms with Crippen LogP contribution in [0.2, 0.25) is 5.02 Å². The Morgan fingerprint density at radius 3 is 2.72 bits per heavy atom. The molecule has 0 unspecified atom stereocenters. The molecular weight excluding hydrogens is 257 g/mol. The summed E-state index contributed by atoms with van der Waals surface area (Å²) >= 11 is 5.78. The second-order valence-electron chi connectivity index (χ2n) is 4.78. The highest BCUT2D eigenvalue weighted by Gasteiger charge is 2.25. The van der Waals surface area contributed by atoms with Crippen LogP contribution in [0, 0.1) is 11.7 Å². The van der Waals surface area contributed by atoms with Crippen molar-refractivity contribution in [3.63, 3.8) is 0 Å². The van der Waals surface area contributed by atoms with Gasteiger partial charge in [0.15, 0.2) is 0 Å². The Morgan fingerprint density at radius 2 is 2.17 bits per heavy atom. The molecule has 18 heavy (non-hydrogen) atoms. The van der Waals surface area contributed by atoms with Crippen molar-refractivity contribution >= 4 is 17.6 Å². The molecule has 0 aromatic heterocycles. The Balaban J connectivity index is 2.03. The number of aliphatic carboxylic acids is 1. The van der Waals surface area contributed by atoms with Crippen molar-refractivity contribution < 1.29 is 14.3 Å². The average molecular weight is 272 g/mol. The highest BCUT2D eigenvalue weighted by molar-refractivity contribution is 6.30. The molecule has 0 aliphatic heterocycles. The van der Waals surface area contributed by atoms with Gasteiger partial charge >= 0.3 is 5.97 Å². The van der Waals surface area contributed by atoms with Crippen molar-refractivity contribution in [2.75, 3.05) is 13.1 Å². The van der Waals surface area contributed by atoms with E-state index in [0.29, 0.717) is 23.0 Å². The van der Waals surface area contributed by atoms with E-state index in [1.807, 2.05) is 4.90 Å². The summed E-state index contributed by atoms with van der Waals surface area (Å²) in [4.78, 5) is 12.6. The van der Waals surface area contributed by atoms with Crippen molar-refractivity contribution in [1.82, 2.24) is 4.90 Å². The maximum Gasteiger partial charge on any atom is 0.317 e. The number of rotatable bonds is 6. The molecule has 3 nitrogen and oxygen atoms in total. The number of carbonyl (C=O) groups is 1. The predicted octanol–water partition coefficient (Wildman–Crippen LogP) is 2.78. The maximum atomic E-state index is 13.2. The number of carboxylic acid groups (broad SMARTS) is 1. The van der Waals surface area contributed by atoms with Gasteiger partial charge in [-0.3, -0.25) is 9.69 Å². The third kappa shape index (κ3) is 4.27. The molecule has 1 N–H and O–H groups in total. The van der Waals surface area contributed by atoms with Gasteiger partial charge in [-0.05, 0) is 42.5 Å². The van der Waals surface area contributed by atoms with Gasteiger partial charge in [-0.1, -0.05) is 11.6 Å². The Labute approximate surface area is 110 Å². The molecule has 0 radical (unpaired) electrons. The van der Waals surface area contributed by atoms with Gasteiger partial charge in [0, 0.05) is 18.1 Å². The molecule has 0 spiro atoms.